The smallest absolute Gasteiger partial charge is 0.128 e. The fraction of sp³-hybridized carbons (Fsp3) is 0.400. The predicted molar refractivity (Wildman–Crippen MR) is 72.9 cm³/mol. The van der Waals surface area contributed by atoms with E-state index in [-0.39, 0.29) is 5.41 Å². The molecule has 1 saturated heterocycles. The first-order valence-corrected chi connectivity index (χ1v) is 6.78. The number of hydrogen-bond donors (Lipinski definition) is 1. The second-order valence-electron chi connectivity index (χ2n) is 5.59. The minimum Gasteiger partial charge on any atom is -0.317 e. The number of nitrogens with one attached hydrogen (secondary N) is 1. The van der Waals surface area contributed by atoms with Crippen LogP contribution in [0.2, 0.25) is 0 Å². The predicted octanol–water partition coefficient (Wildman–Crippen LogP) is 2.79. The Kier molecular flexibility index (Phi) is 3.30. The topological polar surface area (TPSA) is 29.9 Å². The van der Waals surface area contributed by atoms with Crippen molar-refractivity contribution in [3.05, 3.63) is 48.1 Å². The van der Waals surface area contributed by atoms with Crippen LogP contribution < -0.4 is 5.32 Å². The first-order chi connectivity index (χ1) is 9.58. The molecule has 106 valence electrons. The molecule has 3 nitrogen and oxygen atoms in total. The summed E-state index contributed by atoms with van der Waals surface area (Å²) < 4.78 is 28.6. The zero-order chi connectivity index (χ0) is 14.2. The van der Waals surface area contributed by atoms with Gasteiger partial charge in [-0.1, -0.05) is 6.92 Å². The Morgan fingerprint density at radius 2 is 1.80 bits per heavy atom. The lowest BCUT2D eigenvalue weighted by Crippen LogP contribution is -2.38. The summed E-state index contributed by atoms with van der Waals surface area (Å²) in [4.78, 5) is 4.18. The van der Waals surface area contributed by atoms with E-state index in [9.17, 15) is 8.78 Å². The molecule has 0 spiro atoms. The molecule has 0 bridgehead atoms. The van der Waals surface area contributed by atoms with Crippen LogP contribution in [-0.2, 0) is 5.41 Å². The summed E-state index contributed by atoms with van der Waals surface area (Å²) in [5.41, 5.74) is 1.46. The van der Waals surface area contributed by atoms with Gasteiger partial charge in [0.05, 0.1) is 12.0 Å². The molecule has 1 aromatic carbocycles. The molecule has 0 saturated carbocycles. The number of halogens is 2. The standard InChI is InChI=1S/C15H17F2N3/c1-15(2-4-18-5-3-15)14-9-19-10-20(14)13-7-11(16)6-12(17)8-13/h6-10,18H,2-5H2,1H3. The van der Waals surface area contributed by atoms with Crippen LogP contribution in [0.3, 0.4) is 0 Å². The molecule has 0 aliphatic carbocycles. The van der Waals surface area contributed by atoms with Crippen molar-refractivity contribution in [3.8, 4) is 5.69 Å². The second kappa shape index (κ2) is 4.98. The summed E-state index contributed by atoms with van der Waals surface area (Å²) in [6.07, 6.45) is 5.39. The zero-order valence-electron chi connectivity index (χ0n) is 11.4. The van der Waals surface area contributed by atoms with Gasteiger partial charge in [0, 0.05) is 23.4 Å². The molecule has 0 unspecified atom stereocenters. The molecule has 1 fully saturated rings. The van der Waals surface area contributed by atoms with Crippen molar-refractivity contribution < 1.29 is 8.78 Å². The Morgan fingerprint density at radius 1 is 1.15 bits per heavy atom. The van der Waals surface area contributed by atoms with Crippen LogP contribution in [0, 0.1) is 11.6 Å². The van der Waals surface area contributed by atoms with E-state index in [1.165, 1.54) is 12.1 Å². The largest absolute Gasteiger partial charge is 0.317 e. The summed E-state index contributed by atoms with van der Waals surface area (Å²) in [7, 11) is 0. The molecule has 0 amide bonds. The maximum atomic E-state index is 13.4. The number of hydrogen-bond acceptors (Lipinski definition) is 2. The van der Waals surface area contributed by atoms with Crippen molar-refractivity contribution >= 4 is 0 Å². The third-order valence-corrected chi connectivity index (χ3v) is 4.09. The molecule has 2 heterocycles. The molecule has 20 heavy (non-hydrogen) atoms. The van der Waals surface area contributed by atoms with Gasteiger partial charge in [-0.2, -0.15) is 0 Å². The quantitative estimate of drug-likeness (QED) is 0.914. The van der Waals surface area contributed by atoms with Crippen LogP contribution in [0.1, 0.15) is 25.5 Å². The van der Waals surface area contributed by atoms with Gasteiger partial charge >= 0.3 is 0 Å². The number of piperidine rings is 1. The van der Waals surface area contributed by atoms with E-state index in [2.05, 4.69) is 17.2 Å². The summed E-state index contributed by atoms with van der Waals surface area (Å²) in [6.45, 7) is 4.06. The number of benzene rings is 1. The van der Waals surface area contributed by atoms with E-state index < -0.39 is 11.6 Å². The lowest BCUT2D eigenvalue weighted by molar-refractivity contribution is 0.324. The normalized spacial score (nSPS) is 18.1. The van der Waals surface area contributed by atoms with Crippen molar-refractivity contribution in [2.75, 3.05) is 13.1 Å². The third kappa shape index (κ3) is 2.33. The van der Waals surface area contributed by atoms with Crippen molar-refractivity contribution in [1.82, 2.24) is 14.9 Å². The van der Waals surface area contributed by atoms with Gasteiger partial charge in [0.1, 0.15) is 11.6 Å². The van der Waals surface area contributed by atoms with Gasteiger partial charge in [0.25, 0.3) is 0 Å². The third-order valence-electron chi connectivity index (χ3n) is 4.09. The van der Waals surface area contributed by atoms with Crippen molar-refractivity contribution in [2.45, 2.75) is 25.2 Å². The SMILES string of the molecule is CC1(c2cncn2-c2cc(F)cc(F)c2)CCNCC1. The van der Waals surface area contributed by atoms with E-state index in [0.717, 1.165) is 37.7 Å². The molecular formula is C15H17F2N3. The Hall–Kier alpha value is -1.75. The van der Waals surface area contributed by atoms with Crippen LogP contribution in [0.4, 0.5) is 8.78 Å². The van der Waals surface area contributed by atoms with Gasteiger partial charge < -0.3 is 9.88 Å². The highest BCUT2D eigenvalue weighted by molar-refractivity contribution is 5.36. The Balaban J connectivity index is 2.05. The Morgan fingerprint density at radius 3 is 2.45 bits per heavy atom. The molecular weight excluding hydrogens is 260 g/mol. The van der Waals surface area contributed by atoms with Gasteiger partial charge in [-0.15, -0.1) is 0 Å². The molecule has 1 aromatic heterocycles. The van der Waals surface area contributed by atoms with E-state index in [1.807, 2.05) is 0 Å². The zero-order valence-corrected chi connectivity index (χ0v) is 11.4. The number of aromatic nitrogens is 2. The number of rotatable bonds is 2. The molecule has 1 N–H and O–H groups in total. The molecule has 1 aliphatic rings. The molecule has 5 heteroatoms. The van der Waals surface area contributed by atoms with Gasteiger partial charge in [0.2, 0.25) is 0 Å². The van der Waals surface area contributed by atoms with Crippen LogP contribution >= 0.6 is 0 Å². The molecule has 0 radical (unpaired) electrons. The molecule has 1 aliphatic heterocycles. The van der Waals surface area contributed by atoms with E-state index in [1.54, 1.807) is 17.1 Å². The van der Waals surface area contributed by atoms with Gasteiger partial charge in [0.15, 0.2) is 0 Å². The number of imidazole rings is 1. The Bertz CT molecular complexity index is 595. The first kappa shape index (κ1) is 13.2. The monoisotopic (exact) mass is 277 g/mol. The minimum absolute atomic E-state index is 0.0233. The van der Waals surface area contributed by atoms with Gasteiger partial charge in [-0.05, 0) is 38.1 Å². The van der Waals surface area contributed by atoms with Crippen molar-refractivity contribution in [3.63, 3.8) is 0 Å². The highest BCUT2D eigenvalue weighted by atomic mass is 19.1. The van der Waals surface area contributed by atoms with E-state index in [4.69, 9.17) is 0 Å². The fourth-order valence-electron chi connectivity index (χ4n) is 2.86. The molecule has 3 rings (SSSR count). The highest BCUT2D eigenvalue weighted by Gasteiger charge is 2.32. The average molecular weight is 277 g/mol. The fourth-order valence-corrected chi connectivity index (χ4v) is 2.86. The lowest BCUT2D eigenvalue weighted by atomic mass is 9.78. The van der Waals surface area contributed by atoms with E-state index >= 15 is 0 Å². The summed E-state index contributed by atoms with van der Waals surface area (Å²) >= 11 is 0. The van der Waals surface area contributed by atoms with Crippen molar-refractivity contribution in [1.29, 1.82) is 0 Å². The molecule has 2 aromatic rings. The first-order valence-electron chi connectivity index (χ1n) is 6.78. The van der Waals surface area contributed by atoms with Crippen LogP contribution in [-0.4, -0.2) is 22.6 Å². The summed E-state index contributed by atoms with van der Waals surface area (Å²) in [6, 6.07) is 3.55. The van der Waals surface area contributed by atoms with Crippen LogP contribution in [0.25, 0.3) is 5.69 Å². The average Bonchev–Trinajstić information content (AvgIpc) is 2.88. The lowest BCUT2D eigenvalue weighted by Gasteiger charge is -2.34. The highest BCUT2D eigenvalue weighted by Crippen LogP contribution is 2.34. The molecule has 0 atom stereocenters. The minimum atomic E-state index is -0.574. The summed E-state index contributed by atoms with van der Waals surface area (Å²) in [5, 5.41) is 3.33. The van der Waals surface area contributed by atoms with Crippen LogP contribution in [0.5, 0.6) is 0 Å². The van der Waals surface area contributed by atoms with Gasteiger partial charge in [-0.25, -0.2) is 13.8 Å². The van der Waals surface area contributed by atoms with Gasteiger partial charge in [-0.3, -0.25) is 0 Å². The Labute approximate surface area is 116 Å². The number of nitrogens with zero attached hydrogens (tertiary/aromatic N) is 2. The second-order valence-corrected chi connectivity index (χ2v) is 5.59. The maximum Gasteiger partial charge on any atom is 0.128 e. The maximum absolute atomic E-state index is 13.4. The van der Waals surface area contributed by atoms with E-state index in [0.29, 0.717) is 5.69 Å². The van der Waals surface area contributed by atoms with Crippen molar-refractivity contribution in [2.24, 2.45) is 0 Å². The summed E-state index contributed by atoms with van der Waals surface area (Å²) in [5.74, 6) is -1.15. The van der Waals surface area contributed by atoms with Crippen LogP contribution in [0.15, 0.2) is 30.7 Å².